The van der Waals surface area contributed by atoms with Gasteiger partial charge in [0.05, 0.1) is 31.2 Å². The normalized spacial score (nSPS) is 20.4. The molecule has 3 aliphatic rings. The molecule has 1 atom stereocenters. The van der Waals surface area contributed by atoms with E-state index in [0.29, 0.717) is 38.6 Å². The summed E-state index contributed by atoms with van der Waals surface area (Å²) in [4.78, 5) is 27.7. The molecule has 192 valence electrons. The smallest absolute Gasteiger partial charge is 0.317 e. The van der Waals surface area contributed by atoms with Crippen LogP contribution in [0.5, 0.6) is 0 Å². The minimum Gasteiger partial charge on any atom is -0.375 e. The molecule has 5 rings (SSSR count). The molecular formula is C30H39N3O3. The fourth-order valence-electron chi connectivity index (χ4n) is 6.33. The van der Waals surface area contributed by atoms with E-state index in [2.05, 4.69) is 34.9 Å². The van der Waals surface area contributed by atoms with Gasteiger partial charge in [-0.05, 0) is 41.9 Å². The number of carbonyl (C=O) groups is 2. The second-order valence-corrected chi connectivity index (χ2v) is 10.8. The molecular weight excluding hydrogens is 450 g/mol. The van der Waals surface area contributed by atoms with Crippen molar-refractivity contribution in [2.75, 3.05) is 19.7 Å². The lowest BCUT2D eigenvalue weighted by molar-refractivity contribution is -0.124. The predicted octanol–water partition coefficient (Wildman–Crippen LogP) is 4.92. The largest absolute Gasteiger partial charge is 0.375 e. The van der Waals surface area contributed by atoms with E-state index in [9.17, 15) is 9.59 Å². The van der Waals surface area contributed by atoms with Gasteiger partial charge in [-0.3, -0.25) is 4.79 Å². The van der Waals surface area contributed by atoms with Crippen LogP contribution < -0.4 is 10.6 Å². The Bertz CT molecular complexity index is 1030. The molecule has 1 saturated carbocycles. The third-order valence-electron chi connectivity index (χ3n) is 8.27. The number of hydrogen-bond acceptors (Lipinski definition) is 3. The van der Waals surface area contributed by atoms with Crippen molar-refractivity contribution in [2.45, 2.75) is 76.0 Å². The highest BCUT2D eigenvalue weighted by Gasteiger charge is 2.42. The maximum Gasteiger partial charge on any atom is 0.317 e. The number of piperidine rings is 1. The molecule has 0 radical (unpaired) electrons. The Labute approximate surface area is 214 Å². The molecule has 6 heteroatoms. The van der Waals surface area contributed by atoms with Crippen LogP contribution >= 0.6 is 0 Å². The zero-order valence-electron chi connectivity index (χ0n) is 21.2. The number of hydrogen-bond donors (Lipinski definition) is 2. The minimum absolute atomic E-state index is 0.00954. The van der Waals surface area contributed by atoms with Gasteiger partial charge in [-0.1, -0.05) is 86.7 Å². The first-order valence-electron chi connectivity index (χ1n) is 13.7. The van der Waals surface area contributed by atoms with Gasteiger partial charge in [-0.2, -0.15) is 0 Å². The zero-order valence-corrected chi connectivity index (χ0v) is 21.2. The molecule has 6 nitrogen and oxygen atoms in total. The Balaban J connectivity index is 1.19. The van der Waals surface area contributed by atoms with Gasteiger partial charge in [-0.15, -0.1) is 0 Å². The summed E-state index contributed by atoms with van der Waals surface area (Å²) in [6, 6.07) is 18.4. The van der Waals surface area contributed by atoms with Crippen LogP contribution in [0.25, 0.3) is 0 Å². The van der Waals surface area contributed by atoms with E-state index in [4.69, 9.17) is 4.74 Å². The van der Waals surface area contributed by atoms with Gasteiger partial charge in [0, 0.05) is 13.1 Å². The summed E-state index contributed by atoms with van der Waals surface area (Å²) in [6.45, 7) is 2.34. The second-order valence-electron chi connectivity index (χ2n) is 10.8. The number of amides is 3. The maximum atomic E-state index is 13.3. The summed E-state index contributed by atoms with van der Waals surface area (Å²) in [6.07, 6.45) is 9.28. The fraction of sp³-hybridized carbons (Fsp3) is 0.533. The van der Waals surface area contributed by atoms with Crippen LogP contribution in [0.3, 0.4) is 0 Å². The van der Waals surface area contributed by atoms with Gasteiger partial charge < -0.3 is 20.3 Å². The number of fused-ring (bicyclic) bond motifs is 2. The monoisotopic (exact) mass is 489 g/mol. The third kappa shape index (κ3) is 5.92. The number of urea groups is 1. The van der Waals surface area contributed by atoms with Gasteiger partial charge in [0.1, 0.15) is 0 Å². The van der Waals surface area contributed by atoms with Crippen LogP contribution in [0.1, 0.15) is 68.1 Å². The predicted molar refractivity (Wildman–Crippen MR) is 140 cm³/mol. The fourth-order valence-corrected chi connectivity index (χ4v) is 6.33. The third-order valence-corrected chi connectivity index (χ3v) is 8.27. The lowest BCUT2D eigenvalue weighted by Gasteiger charge is -2.45. The van der Waals surface area contributed by atoms with Crippen molar-refractivity contribution in [3.63, 3.8) is 0 Å². The standard InChI is InChI=1S/C30H39N3O3/c34-28-20-25-13-7-8-14-27(25)30(32-28)15-17-33(18-16-30)29(35)31-26(19-23-9-3-1-4-10-23)22-36-21-24-11-5-2-6-12-24/h2,5-8,11-14,23,26H,1,3-4,9-10,15-22H2,(H,31,35)(H,32,34). The first kappa shape index (κ1) is 24.8. The number of ether oxygens (including phenoxy) is 1. The topological polar surface area (TPSA) is 70.7 Å². The maximum absolute atomic E-state index is 13.3. The molecule has 2 aromatic rings. The van der Waals surface area contributed by atoms with Gasteiger partial charge >= 0.3 is 6.03 Å². The average Bonchev–Trinajstić information content (AvgIpc) is 2.90. The van der Waals surface area contributed by atoms with E-state index in [0.717, 1.165) is 30.4 Å². The molecule has 2 heterocycles. The van der Waals surface area contributed by atoms with E-state index in [-0.39, 0.29) is 23.5 Å². The van der Waals surface area contributed by atoms with Crippen molar-refractivity contribution in [1.29, 1.82) is 0 Å². The molecule has 36 heavy (non-hydrogen) atoms. The molecule has 1 unspecified atom stereocenters. The zero-order chi connectivity index (χ0) is 24.8. The SMILES string of the molecule is O=C1Cc2ccccc2C2(CCN(C(=O)NC(COCc3ccccc3)CC3CCCCC3)CC2)N1. The van der Waals surface area contributed by atoms with Crippen molar-refractivity contribution < 1.29 is 14.3 Å². The highest BCUT2D eigenvalue weighted by molar-refractivity contribution is 5.82. The summed E-state index contributed by atoms with van der Waals surface area (Å²) in [7, 11) is 0. The summed E-state index contributed by atoms with van der Waals surface area (Å²) >= 11 is 0. The number of likely N-dealkylation sites (tertiary alicyclic amines) is 1. The summed E-state index contributed by atoms with van der Waals surface area (Å²) < 4.78 is 6.07. The molecule has 1 saturated heterocycles. The van der Waals surface area contributed by atoms with E-state index in [1.54, 1.807) is 0 Å². The number of nitrogens with zero attached hydrogens (tertiary/aromatic N) is 1. The molecule has 2 N–H and O–H groups in total. The van der Waals surface area contributed by atoms with Crippen LogP contribution in [0.2, 0.25) is 0 Å². The molecule has 1 aliphatic carbocycles. The first-order chi connectivity index (χ1) is 17.6. The highest BCUT2D eigenvalue weighted by atomic mass is 16.5. The van der Waals surface area contributed by atoms with E-state index in [1.165, 1.54) is 37.7 Å². The van der Waals surface area contributed by atoms with Crippen molar-refractivity contribution in [1.82, 2.24) is 15.5 Å². The number of carbonyl (C=O) groups excluding carboxylic acids is 2. The Morgan fingerprint density at radius 3 is 2.53 bits per heavy atom. The number of nitrogens with one attached hydrogen (secondary N) is 2. The molecule has 1 spiro atoms. The molecule has 0 bridgehead atoms. The van der Waals surface area contributed by atoms with Gasteiger partial charge in [0.15, 0.2) is 0 Å². The second kappa shape index (κ2) is 11.5. The quantitative estimate of drug-likeness (QED) is 0.580. The lowest BCUT2D eigenvalue weighted by atomic mass is 9.75. The number of benzene rings is 2. The van der Waals surface area contributed by atoms with E-state index < -0.39 is 0 Å². The molecule has 3 amide bonds. The molecule has 0 aromatic heterocycles. The summed E-state index contributed by atoms with van der Waals surface area (Å²) in [5, 5.41) is 6.58. The Morgan fingerprint density at radius 2 is 1.75 bits per heavy atom. The highest BCUT2D eigenvalue weighted by Crippen LogP contribution is 2.38. The van der Waals surface area contributed by atoms with Crippen LogP contribution in [-0.4, -0.2) is 42.6 Å². The Hall–Kier alpha value is -2.86. The average molecular weight is 490 g/mol. The van der Waals surface area contributed by atoms with E-state index in [1.807, 2.05) is 35.2 Å². The number of rotatable bonds is 7. The lowest BCUT2D eigenvalue weighted by Crippen LogP contribution is -2.58. The van der Waals surface area contributed by atoms with Gasteiger partial charge in [-0.25, -0.2) is 4.79 Å². The van der Waals surface area contributed by atoms with Crippen molar-refractivity contribution in [2.24, 2.45) is 5.92 Å². The van der Waals surface area contributed by atoms with Crippen LogP contribution in [0.15, 0.2) is 54.6 Å². The summed E-state index contributed by atoms with van der Waals surface area (Å²) in [5.41, 5.74) is 3.12. The molecule has 2 aliphatic heterocycles. The van der Waals surface area contributed by atoms with Crippen LogP contribution in [-0.2, 0) is 28.1 Å². The van der Waals surface area contributed by atoms with Crippen LogP contribution in [0.4, 0.5) is 4.79 Å². The minimum atomic E-state index is -0.358. The Kier molecular flexibility index (Phi) is 7.90. The van der Waals surface area contributed by atoms with Gasteiger partial charge in [0.2, 0.25) is 5.91 Å². The van der Waals surface area contributed by atoms with Gasteiger partial charge in [0.25, 0.3) is 0 Å². The van der Waals surface area contributed by atoms with Crippen molar-refractivity contribution >= 4 is 11.9 Å². The molecule has 2 fully saturated rings. The van der Waals surface area contributed by atoms with Crippen molar-refractivity contribution in [3.8, 4) is 0 Å². The van der Waals surface area contributed by atoms with Crippen molar-refractivity contribution in [3.05, 3.63) is 71.3 Å². The first-order valence-corrected chi connectivity index (χ1v) is 13.7. The summed E-state index contributed by atoms with van der Waals surface area (Å²) in [5.74, 6) is 0.734. The molecule has 2 aromatic carbocycles. The Morgan fingerprint density at radius 1 is 1.03 bits per heavy atom. The van der Waals surface area contributed by atoms with E-state index >= 15 is 0 Å². The van der Waals surface area contributed by atoms with Crippen LogP contribution in [0, 0.1) is 5.92 Å².